The van der Waals surface area contributed by atoms with Crippen LogP contribution in [0.2, 0.25) is 0 Å². The van der Waals surface area contributed by atoms with Crippen molar-refractivity contribution in [3.63, 3.8) is 0 Å². The summed E-state index contributed by atoms with van der Waals surface area (Å²) in [6, 6.07) is 0. The van der Waals surface area contributed by atoms with Crippen LogP contribution < -0.4 is 0 Å². The van der Waals surface area contributed by atoms with Crippen molar-refractivity contribution in [2.24, 2.45) is 5.41 Å². The van der Waals surface area contributed by atoms with Gasteiger partial charge in [-0.3, -0.25) is 0 Å². The lowest BCUT2D eigenvalue weighted by Gasteiger charge is -2.29. The molecule has 0 aromatic rings. The summed E-state index contributed by atoms with van der Waals surface area (Å²) in [6.45, 7) is 12.7. The van der Waals surface area contributed by atoms with Gasteiger partial charge in [-0.1, -0.05) is 27.7 Å². The number of thioether (sulfide) groups is 1. The Morgan fingerprint density at radius 3 is 2.25 bits per heavy atom. The molecule has 0 spiro atoms. The molecule has 16 heavy (non-hydrogen) atoms. The molecule has 0 bridgehead atoms. The van der Waals surface area contributed by atoms with Crippen LogP contribution in [0.15, 0.2) is 0 Å². The van der Waals surface area contributed by atoms with E-state index in [9.17, 15) is 0 Å². The third-order valence-corrected chi connectivity index (χ3v) is 3.28. The smallest absolute Gasteiger partial charge is 0.0443 e. The lowest BCUT2D eigenvalue weighted by molar-refractivity contribution is 0.173. The van der Waals surface area contributed by atoms with Gasteiger partial charge in [0.15, 0.2) is 0 Å². The molecule has 0 heterocycles. The van der Waals surface area contributed by atoms with Gasteiger partial charge in [-0.2, -0.15) is 11.8 Å². The van der Waals surface area contributed by atoms with Crippen LogP contribution >= 0.6 is 11.8 Å². The second kappa shape index (κ2) is 9.32. The molecular weight excluding hydrogens is 218 g/mol. The van der Waals surface area contributed by atoms with Crippen LogP contribution in [0.25, 0.3) is 0 Å². The maximum atomic E-state index is 8.89. The van der Waals surface area contributed by atoms with E-state index >= 15 is 0 Å². The van der Waals surface area contributed by atoms with E-state index in [-0.39, 0.29) is 0 Å². The molecule has 0 rings (SSSR count). The molecule has 0 fully saturated rings. The Hall–Kier alpha value is 0.270. The quantitative estimate of drug-likeness (QED) is 0.634. The van der Waals surface area contributed by atoms with Crippen LogP contribution in [0, 0.1) is 5.41 Å². The standard InChI is InChI=1S/C13H29NOS/c1-5-16-11-7-9-14(8-6-10-15)12-13(2,3)4/h15H,5-12H2,1-4H3. The first-order chi connectivity index (χ1) is 7.49. The van der Waals surface area contributed by atoms with Crippen molar-refractivity contribution >= 4 is 11.8 Å². The Bertz CT molecular complexity index is 157. The van der Waals surface area contributed by atoms with Gasteiger partial charge in [0, 0.05) is 19.7 Å². The van der Waals surface area contributed by atoms with E-state index in [0.717, 1.165) is 19.5 Å². The topological polar surface area (TPSA) is 23.5 Å². The van der Waals surface area contributed by atoms with E-state index in [4.69, 9.17) is 5.11 Å². The van der Waals surface area contributed by atoms with Crippen LogP contribution in [0.1, 0.15) is 40.5 Å². The van der Waals surface area contributed by atoms with E-state index in [1.165, 1.54) is 24.5 Å². The predicted molar refractivity (Wildman–Crippen MR) is 75.2 cm³/mol. The van der Waals surface area contributed by atoms with E-state index in [1.807, 2.05) is 11.8 Å². The molecule has 0 aliphatic heterocycles. The first-order valence-electron chi connectivity index (χ1n) is 6.40. The zero-order valence-electron chi connectivity index (χ0n) is 11.5. The van der Waals surface area contributed by atoms with Crippen LogP contribution in [0.5, 0.6) is 0 Å². The second-order valence-electron chi connectivity index (χ2n) is 5.46. The van der Waals surface area contributed by atoms with Gasteiger partial charge >= 0.3 is 0 Å². The maximum absolute atomic E-state index is 8.89. The van der Waals surface area contributed by atoms with Gasteiger partial charge in [0.05, 0.1) is 0 Å². The molecule has 0 aliphatic rings. The summed E-state index contributed by atoms with van der Waals surface area (Å²) in [5, 5.41) is 8.89. The molecule has 1 N–H and O–H groups in total. The van der Waals surface area contributed by atoms with Gasteiger partial charge in [-0.25, -0.2) is 0 Å². The monoisotopic (exact) mass is 247 g/mol. The SMILES string of the molecule is CCSCCCN(CCCO)CC(C)(C)C. The summed E-state index contributed by atoms with van der Waals surface area (Å²) < 4.78 is 0. The second-order valence-corrected chi connectivity index (χ2v) is 6.86. The summed E-state index contributed by atoms with van der Waals surface area (Å²) in [6.07, 6.45) is 2.16. The molecule has 0 radical (unpaired) electrons. The minimum Gasteiger partial charge on any atom is -0.396 e. The lowest BCUT2D eigenvalue weighted by atomic mass is 9.96. The Morgan fingerprint density at radius 2 is 1.75 bits per heavy atom. The van der Waals surface area contributed by atoms with Gasteiger partial charge in [-0.15, -0.1) is 0 Å². The normalized spacial score (nSPS) is 12.4. The average molecular weight is 247 g/mol. The Balaban J connectivity index is 3.81. The van der Waals surface area contributed by atoms with Gasteiger partial charge < -0.3 is 10.0 Å². The van der Waals surface area contributed by atoms with Crippen molar-refractivity contribution in [2.45, 2.75) is 40.5 Å². The third kappa shape index (κ3) is 10.8. The molecule has 0 amide bonds. The number of nitrogens with zero attached hydrogens (tertiary/aromatic N) is 1. The van der Waals surface area contributed by atoms with E-state index in [0.29, 0.717) is 12.0 Å². The largest absolute Gasteiger partial charge is 0.396 e. The number of hydrogen-bond acceptors (Lipinski definition) is 3. The zero-order valence-corrected chi connectivity index (χ0v) is 12.3. The van der Waals surface area contributed by atoms with Crippen molar-refractivity contribution in [2.75, 3.05) is 37.7 Å². The summed E-state index contributed by atoms with van der Waals surface area (Å²) in [7, 11) is 0. The number of aliphatic hydroxyl groups is 1. The average Bonchev–Trinajstić information content (AvgIpc) is 2.18. The summed E-state index contributed by atoms with van der Waals surface area (Å²) in [4.78, 5) is 2.49. The van der Waals surface area contributed by atoms with Crippen LogP contribution in [-0.2, 0) is 0 Å². The summed E-state index contributed by atoms with van der Waals surface area (Å²) >= 11 is 2.02. The fourth-order valence-electron chi connectivity index (χ4n) is 1.77. The first kappa shape index (κ1) is 16.3. The highest BCUT2D eigenvalue weighted by Crippen LogP contribution is 2.16. The maximum Gasteiger partial charge on any atom is 0.0443 e. The van der Waals surface area contributed by atoms with Crippen molar-refractivity contribution in [3.05, 3.63) is 0 Å². The molecule has 0 atom stereocenters. The van der Waals surface area contributed by atoms with E-state index < -0.39 is 0 Å². The lowest BCUT2D eigenvalue weighted by Crippen LogP contribution is -2.34. The van der Waals surface area contributed by atoms with Crippen LogP contribution in [-0.4, -0.2) is 47.8 Å². The molecule has 0 aliphatic carbocycles. The minimum atomic E-state index is 0.310. The molecule has 0 aromatic carbocycles. The van der Waals surface area contributed by atoms with Crippen molar-refractivity contribution in [3.8, 4) is 0 Å². The fourth-order valence-corrected chi connectivity index (χ4v) is 2.39. The molecule has 0 aromatic heterocycles. The highest BCUT2D eigenvalue weighted by atomic mass is 32.2. The summed E-state index contributed by atoms with van der Waals surface area (Å²) in [5.41, 5.74) is 0.355. The van der Waals surface area contributed by atoms with E-state index in [1.54, 1.807) is 0 Å². The van der Waals surface area contributed by atoms with Gasteiger partial charge in [0.25, 0.3) is 0 Å². The number of hydrogen-bond donors (Lipinski definition) is 1. The van der Waals surface area contributed by atoms with Crippen LogP contribution in [0.4, 0.5) is 0 Å². The number of aliphatic hydroxyl groups excluding tert-OH is 1. The van der Waals surface area contributed by atoms with Crippen molar-refractivity contribution in [1.29, 1.82) is 0 Å². The fraction of sp³-hybridized carbons (Fsp3) is 1.00. The number of rotatable bonds is 9. The summed E-state index contributed by atoms with van der Waals surface area (Å²) in [5.74, 6) is 2.48. The molecule has 0 unspecified atom stereocenters. The third-order valence-electron chi connectivity index (χ3n) is 2.30. The Labute approximate surface area is 106 Å². The minimum absolute atomic E-state index is 0.310. The molecule has 0 saturated carbocycles. The molecule has 0 saturated heterocycles. The van der Waals surface area contributed by atoms with E-state index in [2.05, 4.69) is 32.6 Å². The van der Waals surface area contributed by atoms with Crippen LogP contribution in [0.3, 0.4) is 0 Å². The van der Waals surface area contributed by atoms with Crippen molar-refractivity contribution < 1.29 is 5.11 Å². The highest BCUT2D eigenvalue weighted by Gasteiger charge is 2.15. The Morgan fingerprint density at radius 1 is 1.12 bits per heavy atom. The molecule has 98 valence electrons. The van der Waals surface area contributed by atoms with Crippen molar-refractivity contribution in [1.82, 2.24) is 4.90 Å². The molecule has 3 heteroatoms. The first-order valence-corrected chi connectivity index (χ1v) is 7.56. The Kier molecular flexibility index (Phi) is 9.47. The molecular formula is C13H29NOS. The molecule has 2 nitrogen and oxygen atoms in total. The predicted octanol–water partition coefficient (Wildman–Crippen LogP) is 2.86. The van der Waals surface area contributed by atoms with Gasteiger partial charge in [0.2, 0.25) is 0 Å². The van der Waals surface area contributed by atoms with Gasteiger partial charge in [-0.05, 0) is 36.3 Å². The highest BCUT2D eigenvalue weighted by molar-refractivity contribution is 7.99. The zero-order chi connectivity index (χ0) is 12.4. The van der Waals surface area contributed by atoms with Gasteiger partial charge in [0.1, 0.15) is 0 Å².